The average molecular weight is 447 g/mol. The number of nitrogens with one attached hydrogen (secondary N) is 3. The van der Waals surface area contributed by atoms with E-state index >= 15 is 0 Å². The van der Waals surface area contributed by atoms with Gasteiger partial charge in [-0.2, -0.15) is 0 Å². The Kier molecular flexibility index (Phi) is 4.55. The third-order valence-corrected chi connectivity index (χ3v) is 6.04. The second-order valence-corrected chi connectivity index (χ2v) is 8.33. The van der Waals surface area contributed by atoms with Crippen molar-refractivity contribution >= 4 is 33.5 Å². The van der Waals surface area contributed by atoms with E-state index in [1.807, 2.05) is 68.6 Å². The molecule has 0 aliphatic rings. The molecule has 3 aromatic carbocycles. The molecule has 3 heterocycles. The second kappa shape index (κ2) is 7.74. The van der Waals surface area contributed by atoms with Gasteiger partial charge in [-0.1, -0.05) is 29.4 Å². The molecule has 0 saturated heterocycles. The summed E-state index contributed by atoms with van der Waals surface area (Å²) in [4.78, 5) is 24.0. The number of nitrogens with zero attached hydrogens (tertiary/aromatic N) is 2. The molecule has 0 aliphatic carbocycles. The Hall–Kier alpha value is -4.65. The lowest BCUT2D eigenvalue weighted by atomic mass is 10.0. The topological polar surface area (TPSA) is 99.6 Å². The van der Waals surface area contributed by atoms with Crippen LogP contribution in [0.3, 0.4) is 0 Å². The number of hydrogen-bond donors (Lipinski definition) is 3. The first-order valence-corrected chi connectivity index (χ1v) is 11.0. The summed E-state index contributed by atoms with van der Waals surface area (Å²) in [5.41, 5.74) is 7.89. The minimum absolute atomic E-state index is 0.161. The summed E-state index contributed by atoms with van der Waals surface area (Å²) in [6, 6.07) is 21.3. The predicted octanol–water partition coefficient (Wildman–Crippen LogP) is 6.24. The molecule has 3 N–H and O–H groups in total. The van der Waals surface area contributed by atoms with E-state index in [-0.39, 0.29) is 5.91 Å². The van der Waals surface area contributed by atoms with Crippen LogP contribution in [0, 0.1) is 13.8 Å². The molecule has 0 radical (unpaired) electrons. The molecule has 0 unspecified atom stereocenters. The molecule has 6 aromatic rings. The van der Waals surface area contributed by atoms with Gasteiger partial charge in [0.1, 0.15) is 11.6 Å². The van der Waals surface area contributed by atoms with Gasteiger partial charge in [0.25, 0.3) is 5.91 Å². The zero-order chi connectivity index (χ0) is 23.2. The molecule has 0 atom stereocenters. The number of amides is 1. The van der Waals surface area contributed by atoms with E-state index in [0.29, 0.717) is 5.56 Å². The molecule has 1 amide bonds. The second-order valence-electron chi connectivity index (χ2n) is 8.33. The molecule has 7 heteroatoms. The lowest BCUT2D eigenvalue weighted by Crippen LogP contribution is -2.11. The van der Waals surface area contributed by atoms with Crippen molar-refractivity contribution < 1.29 is 9.32 Å². The van der Waals surface area contributed by atoms with Gasteiger partial charge in [-0.05, 0) is 67.3 Å². The minimum atomic E-state index is -0.161. The molecule has 166 valence electrons. The first-order valence-electron chi connectivity index (χ1n) is 11.0. The predicted molar refractivity (Wildman–Crippen MR) is 133 cm³/mol. The van der Waals surface area contributed by atoms with Crippen LogP contribution in [0.1, 0.15) is 21.8 Å². The van der Waals surface area contributed by atoms with Gasteiger partial charge in [0, 0.05) is 34.1 Å². The van der Waals surface area contributed by atoms with Crippen LogP contribution in [0.4, 0.5) is 5.69 Å². The molecule has 0 bridgehead atoms. The smallest absolute Gasteiger partial charge is 0.255 e. The Morgan fingerprint density at radius 1 is 0.912 bits per heavy atom. The van der Waals surface area contributed by atoms with Crippen molar-refractivity contribution in [2.24, 2.45) is 0 Å². The minimum Gasteiger partial charge on any atom is -0.361 e. The van der Waals surface area contributed by atoms with Crippen LogP contribution >= 0.6 is 0 Å². The Bertz CT molecular complexity index is 1650. The Morgan fingerprint density at radius 3 is 2.53 bits per heavy atom. The van der Waals surface area contributed by atoms with Crippen molar-refractivity contribution in [3.05, 3.63) is 89.9 Å². The summed E-state index contributed by atoms with van der Waals surface area (Å²) >= 11 is 0. The van der Waals surface area contributed by atoms with Gasteiger partial charge in [0.2, 0.25) is 0 Å². The van der Waals surface area contributed by atoms with Crippen LogP contribution in [0.5, 0.6) is 0 Å². The van der Waals surface area contributed by atoms with Gasteiger partial charge in [-0.3, -0.25) is 4.79 Å². The van der Waals surface area contributed by atoms with Gasteiger partial charge in [-0.15, -0.1) is 0 Å². The van der Waals surface area contributed by atoms with E-state index in [0.717, 1.165) is 61.6 Å². The number of hydrogen-bond acceptors (Lipinski definition) is 4. The molecule has 3 aromatic heterocycles. The number of carbonyl (C=O) groups excluding carboxylic acids is 1. The highest BCUT2D eigenvalue weighted by molar-refractivity contribution is 6.05. The highest BCUT2D eigenvalue weighted by atomic mass is 16.5. The van der Waals surface area contributed by atoms with Crippen molar-refractivity contribution in [2.45, 2.75) is 13.8 Å². The number of rotatable bonds is 4. The molecule has 0 spiro atoms. The Balaban J connectivity index is 1.24. The van der Waals surface area contributed by atoms with E-state index in [1.165, 1.54) is 0 Å². The lowest BCUT2D eigenvalue weighted by molar-refractivity contribution is 0.102. The van der Waals surface area contributed by atoms with Crippen molar-refractivity contribution in [3.63, 3.8) is 0 Å². The fourth-order valence-corrected chi connectivity index (χ4v) is 4.31. The van der Waals surface area contributed by atoms with Gasteiger partial charge < -0.3 is 19.8 Å². The number of imidazole rings is 1. The quantitative estimate of drug-likeness (QED) is 0.298. The third-order valence-electron chi connectivity index (χ3n) is 6.04. The number of aromatic amines is 2. The number of anilines is 1. The summed E-state index contributed by atoms with van der Waals surface area (Å²) in [7, 11) is 0. The number of benzene rings is 3. The van der Waals surface area contributed by atoms with E-state index in [2.05, 4.69) is 26.5 Å². The maximum absolute atomic E-state index is 12.7. The van der Waals surface area contributed by atoms with Crippen LogP contribution in [-0.2, 0) is 0 Å². The molecule has 0 fully saturated rings. The zero-order valence-electron chi connectivity index (χ0n) is 18.6. The SMILES string of the molecule is Cc1noc(C)c1-c1ccc2nc(-c3ccc(C(=O)Nc4ccc5cc[nH]c5c4)cc3)[nH]c2c1. The van der Waals surface area contributed by atoms with Crippen molar-refractivity contribution in [3.8, 4) is 22.5 Å². The number of fused-ring (bicyclic) bond motifs is 2. The maximum atomic E-state index is 12.7. The van der Waals surface area contributed by atoms with Gasteiger partial charge in [-0.25, -0.2) is 4.98 Å². The normalized spacial score (nSPS) is 11.4. The molecule has 0 saturated carbocycles. The van der Waals surface area contributed by atoms with Crippen LogP contribution < -0.4 is 5.32 Å². The van der Waals surface area contributed by atoms with Crippen molar-refractivity contribution in [1.82, 2.24) is 20.1 Å². The van der Waals surface area contributed by atoms with E-state index in [1.54, 1.807) is 12.1 Å². The van der Waals surface area contributed by atoms with Crippen LogP contribution in [0.15, 0.2) is 77.4 Å². The molecule has 6 rings (SSSR count). The fourth-order valence-electron chi connectivity index (χ4n) is 4.31. The van der Waals surface area contributed by atoms with Gasteiger partial charge >= 0.3 is 0 Å². The zero-order valence-corrected chi connectivity index (χ0v) is 18.6. The highest BCUT2D eigenvalue weighted by Crippen LogP contribution is 2.30. The largest absolute Gasteiger partial charge is 0.361 e. The first-order chi connectivity index (χ1) is 16.5. The Morgan fingerprint density at radius 2 is 1.74 bits per heavy atom. The first kappa shape index (κ1) is 20.0. The molecule has 7 nitrogen and oxygen atoms in total. The van der Waals surface area contributed by atoms with E-state index in [9.17, 15) is 4.79 Å². The number of aryl methyl sites for hydroxylation is 2. The Labute approximate surface area is 194 Å². The summed E-state index contributed by atoms with van der Waals surface area (Å²) in [6.45, 7) is 3.85. The van der Waals surface area contributed by atoms with E-state index < -0.39 is 0 Å². The highest BCUT2D eigenvalue weighted by Gasteiger charge is 2.14. The summed E-state index contributed by atoms with van der Waals surface area (Å²) in [5, 5.41) is 8.11. The lowest BCUT2D eigenvalue weighted by Gasteiger charge is -2.06. The maximum Gasteiger partial charge on any atom is 0.255 e. The fraction of sp³-hybridized carbons (Fsp3) is 0.0741. The third kappa shape index (κ3) is 3.44. The average Bonchev–Trinajstić information content (AvgIpc) is 3.56. The van der Waals surface area contributed by atoms with Crippen LogP contribution in [0.2, 0.25) is 0 Å². The van der Waals surface area contributed by atoms with Crippen LogP contribution in [-0.4, -0.2) is 26.0 Å². The standard InChI is InChI=1S/C27H21N5O2/c1-15-25(16(2)34-32-15)20-8-10-22-24(13-20)31-26(30-22)18-3-5-19(6-4-18)27(33)29-21-9-7-17-11-12-28-23(17)14-21/h3-14,28H,1-2H3,(H,29,33)(H,30,31). The van der Waals surface area contributed by atoms with Gasteiger partial charge in [0.15, 0.2) is 0 Å². The number of aromatic nitrogens is 4. The number of carbonyl (C=O) groups is 1. The molecule has 34 heavy (non-hydrogen) atoms. The van der Waals surface area contributed by atoms with Gasteiger partial charge in [0.05, 0.1) is 16.7 Å². The summed E-state index contributed by atoms with van der Waals surface area (Å²) in [6.07, 6.45) is 1.88. The summed E-state index contributed by atoms with van der Waals surface area (Å²) in [5.74, 6) is 1.37. The number of H-pyrrole nitrogens is 2. The van der Waals surface area contributed by atoms with Crippen molar-refractivity contribution in [1.29, 1.82) is 0 Å². The molecule has 0 aliphatic heterocycles. The summed E-state index contributed by atoms with van der Waals surface area (Å²) < 4.78 is 5.31. The van der Waals surface area contributed by atoms with Crippen LogP contribution in [0.25, 0.3) is 44.5 Å². The molecular formula is C27H21N5O2. The van der Waals surface area contributed by atoms with Crippen molar-refractivity contribution in [2.75, 3.05) is 5.32 Å². The monoisotopic (exact) mass is 447 g/mol. The van der Waals surface area contributed by atoms with E-state index in [4.69, 9.17) is 9.51 Å². The molecular weight excluding hydrogens is 426 g/mol.